The lowest BCUT2D eigenvalue weighted by molar-refractivity contribution is -0.137. The van der Waals surface area contributed by atoms with Gasteiger partial charge in [-0.05, 0) is 37.6 Å². The first-order valence-corrected chi connectivity index (χ1v) is 6.63. The summed E-state index contributed by atoms with van der Waals surface area (Å²) in [6.07, 6.45) is 0.120. The molecule has 1 rings (SSSR count). The van der Waals surface area contributed by atoms with Gasteiger partial charge in [0.25, 0.3) is 0 Å². The second-order valence-corrected chi connectivity index (χ2v) is 4.52. The number of rotatable bonds is 8. The minimum Gasteiger partial charge on any atom is -0.489 e. The minimum atomic E-state index is -0.890. The van der Waals surface area contributed by atoms with Crippen LogP contribution in [0.15, 0.2) is 24.3 Å². The van der Waals surface area contributed by atoms with Gasteiger partial charge < -0.3 is 20.5 Å². The Morgan fingerprint density at radius 1 is 1.29 bits per heavy atom. The van der Waals surface area contributed by atoms with Crippen LogP contribution in [0.25, 0.3) is 0 Å². The van der Waals surface area contributed by atoms with E-state index in [0.717, 1.165) is 0 Å². The maximum Gasteiger partial charge on any atom is 0.314 e. The molecule has 0 saturated heterocycles. The van der Waals surface area contributed by atoms with Crippen LogP contribution in [-0.4, -0.2) is 36.3 Å². The van der Waals surface area contributed by atoms with E-state index in [1.165, 1.54) is 24.3 Å². The standard InChI is InChI=1S/C14H19FN2O4/c1-10(21-12-6-4-11(15)5-7-12)9-17-14(20)16-8-2-3-13(18)19/h4-7,10H,2-3,8-9H2,1H3,(H,18,19)(H2,16,17,20). The highest BCUT2D eigenvalue weighted by Gasteiger charge is 2.07. The van der Waals surface area contributed by atoms with Crippen molar-refractivity contribution in [2.75, 3.05) is 13.1 Å². The van der Waals surface area contributed by atoms with Crippen LogP contribution in [0.2, 0.25) is 0 Å². The zero-order chi connectivity index (χ0) is 15.7. The number of carboxylic acid groups (broad SMARTS) is 1. The molecule has 0 radical (unpaired) electrons. The van der Waals surface area contributed by atoms with Crippen molar-refractivity contribution >= 4 is 12.0 Å². The number of carboxylic acids is 1. The molecule has 6 nitrogen and oxygen atoms in total. The smallest absolute Gasteiger partial charge is 0.314 e. The van der Waals surface area contributed by atoms with Crippen molar-refractivity contribution in [3.05, 3.63) is 30.1 Å². The summed E-state index contributed by atoms with van der Waals surface area (Å²) in [5, 5.41) is 13.6. The normalized spacial score (nSPS) is 11.5. The van der Waals surface area contributed by atoms with E-state index in [2.05, 4.69) is 10.6 Å². The van der Waals surface area contributed by atoms with Crippen LogP contribution in [0.5, 0.6) is 5.75 Å². The van der Waals surface area contributed by atoms with Crippen molar-refractivity contribution < 1.29 is 23.8 Å². The van der Waals surface area contributed by atoms with Crippen LogP contribution in [-0.2, 0) is 4.79 Å². The van der Waals surface area contributed by atoms with Crippen LogP contribution in [0.3, 0.4) is 0 Å². The molecule has 7 heteroatoms. The van der Waals surface area contributed by atoms with Gasteiger partial charge in [-0.15, -0.1) is 0 Å². The van der Waals surface area contributed by atoms with E-state index >= 15 is 0 Å². The van der Waals surface area contributed by atoms with Gasteiger partial charge in [0.05, 0.1) is 6.54 Å². The van der Waals surface area contributed by atoms with Gasteiger partial charge in [0.2, 0.25) is 0 Å². The fourth-order valence-electron chi connectivity index (χ4n) is 1.53. The molecule has 1 atom stereocenters. The molecular formula is C14H19FN2O4. The molecule has 0 fully saturated rings. The number of carbonyl (C=O) groups is 2. The molecule has 0 heterocycles. The van der Waals surface area contributed by atoms with Crippen molar-refractivity contribution in [1.29, 1.82) is 0 Å². The highest BCUT2D eigenvalue weighted by Crippen LogP contribution is 2.12. The molecule has 0 aliphatic rings. The molecule has 0 saturated carbocycles. The van der Waals surface area contributed by atoms with Gasteiger partial charge >= 0.3 is 12.0 Å². The molecule has 3 N–H and O–H groups in total. The minimum absolute atomic E-state index is 0.0182. The molecular weight excluding hydrogens is 279 g/mol. The number of ether oxygens (including phenoxy) is 1. The van der Waals surface area contributed by atoms with E-state index in [9.17, 15) is 14.0 Å². The maximum atomic E-state index is 12.7. The Morgan fingerprint density at radius 2 is 1.95 bits per heavy atom. The molecule has 1 unspecified atom stereocenters. The average Bonchev–Trinajstić information content (AvgIpc) is 2.44. The molecule has 116 valence electrons. The summed E-state index contributed by atoms with van der Waals surface area (Å²) in [5.74, 6) is -0.708. The Labute approximate surface area is 122 Å². The lowest BCUT2D eigenvalue weighted by Crippen LogP contribution is -2.40. The van der Waals surface area contributed by atoms with Gasteiger partial charge in [-0.2, -0.15) is 0 Å². The van der Waals surface area contributed by atoms with Crippen LogP contribution in [0.1, 0.15) is 19.8 Å². The van der Waals surface area contributed by atoms with E-state index in [0.29, 0.717) is 18.7 Å². The number of amides is 2. The first kappa shape index (κ1) is 16.7. The monoisotopic (exact) mass is 298 g/mol. The zero-order valence-electron chi connectivity index (χ0n) is 11.8. The van der Waals surface area contributed by atoms with Crippen LogP contribution in [0.4, 0.5) is 9.18 Å². The lowest BCUT2D eigenvalue weighted by Gasteiger charge is -2.15. The van der Waals surface area contributed by atoms with E-state index in [1.807, 2.05) is 0 Å². The molecule has 0 aliphatic carbocycles. The Morgan fingerprint density at radius 3 is 2.57 bits per heavy atom. The topological polar surface area (TPSA) is 87.7 Å². The van der Waals surface area contributed by atoms with Crippen molar-refractivity contribution in [2.24, 2.45) is 0 Å². The van der Waals surface area contributed by atoms with E-state index in [-0.39, 0.29) is 30.9 Å². The number of halogens is 1. The van der Waals surface area contributed by atoms with Crippen molar-refractivity contribution in [3.63, 3.8) is 0 Å². The van der Waals surface area contributed by atoms with Crippen molar-refractivity contribution in [1.82, 2.24) is 10.6 Å². The third-order valence-electron chi connectivity index (χ3n) is 2.55. The summed E-state index contributed by atoms with van der Waals surface area (Å²) >= 11 is 0. The highest BCUT2D eigenvalue weighted by molar-refractivity contribution is 5.73. The quantitative estimate of drug-likeness (QED) is 0.638. The Balaban J connectivity index is 2.17. The second-order valence-electron chi connectivity index (χ2n) is 4.52. The molecule has 1 aromatic rings. The first-order valence-electron chi connectivity index (χ1n) is 6.63. The number of aliphatic carboxylic acids is 1. The molecule has 0 spiro atoms. The summed E-state index contributed by atoms with van der Waals surface area (Å²) in [7, 11) is 0. The molecule has 2 amide bonds. The average molecular weight is 298 g/mol. The number of urea groups is 1. The predicted molar refractivity (Wildman–Crippen MR) is 74.8 cm³/mol. The third kappa shape index (κ3) is 7.76. The number of benzene rings is 1. The second kappa shape index (κ2) is 8.78. The molecule has 0 aromatic heterocycles. The molecule has 1 aromatic carbocycles. The summed E-state index contributed by atoms with van der Waals surface area (Å²) in [6, 6.07) is 5.24. The number of nitrogens with one attached hydrogen (secondary N) is 2. The summed E-state index contributed by atoms with van der Waals surface area (Å²) in [4.78, 5) is 21.7. The maximum absolute atomic E-state index is 12.7. The van der Waals surface area contributed by atoms with Gasteiger partial charge in [-0.1, -0.05) is 0 Å². The number of hydrogen-bond acceptors (Lipinski definition) is 3. The fraction of sp³-hybridized carbons (Fsp3) is 0.429. The van der Waals surface area contributed by atoms with Gasteiger partial charge in [0, 0.05) is 13.0 Å². The zero-order valence-corrected chi connectivity index (χ0v) is 11.8. The van der Waals surface area contributed by atoms with E-state index in [4.69, 9.17) is 9.84 Å². The van der Waals surface area contributed by atoms with E-state index in [1.54, 1.807) is 6.92 Å². The lowest BCUT2D eigenvalue weighted by atomic mass is 10.3. The van der Waals surface area contributed by atoms with Gasteiger partial charge in [-0.3, -0.25) is 4.79 Å². The predicted octanol–water partition coefficient (Wildman–Crippen LogP) is 1.76. The largest absolute Gasteiger partial charge is 0.489 e. The number of carbonyl (C=O) groups excluding carboxylic acids is 1. The summed E-state index contributed by atoms with van der Waals surface area (Å²) in [5.41, 5.74) is 0. The fourth-order valence-corrected chi connectivity index (χ4v) is 1.53. The summed E-state index contributed by atoms with van der Waals surface area (Å²) < 4.78 is 18.2. The first-order chi connectivity index (χ1) is 9.97. The summed E-state index contributed by atoms with van der Waals surface area (Å²) in [6.45, 7) is 2.35. The SMILES string of the molecule is CC(CNC(=O)NCCCC(=O)O)Oc1ccc(F)cc1. The molecule has 0 aliphatic heterocycles. The number of hydrogen-bond donors (Lipinski definition) is 3. The van der Waals surface area contributed by atoms with Crippen LogP contribution >= 0.6 is 0 Å². The Hall–Kier alpha value is -2.31. The Kier molecular flexibility index (Phi) is 7.00. The highest BCUT2D eigenvalue weighted by atomic mass is 19.1. The van der Waals surface area contributed by atoms with Crippen molar-refractivity contribution in [2.45, 2.75) is 25.9 Å². The van der Waals surface area contributed by atoms with Gasteiger partial charge in [-0.25, -0.2) is 9.18 Å². The van der Waals surface area contributed by atoms with Crippen molar-refractivity contribution in [3.8, 4) is 5.75 Å². The Bertz CT molecular complexity index is 465. The third-order valence-corrected chi connectivity index (χ3v) is 2.55. The molecule has 0 bridgehead atoms. The van der Waals surface area contributed by atoms with Gasteiger partial charge in [0.15, 0.2) is 0 Å². The van der Waals surface area contributed by atoms with Crippen LogP contribution < -0.4 is 15.4 Å². The van der Waals surface area contributed by atoms with Gasteiger partial charge in [0.1, 0.15) is 17.7 Å². The van der Waals surface area contributed by atoms with Crippen LogP contribution in [0, 0.1) is 5.82 Å². The van der Waals surface area contributed by atoms with E-state index < -0.39 is 5.97 Å². The molecule has 21 heavy (non-hydrogen) atoms.